The maximum atomic E-state index is 13.2. The Kier molecular flexibility index (Phi) is 8.13. The summed E-state index contributed by atoms with van der Waals surface area (Å²) in [4.78, 5) is 2.31. The normalized spacial score (nSPS) is 22.8. The summed E-state index contributed by atoms with van der Waals surface area (Å²) in [6.07, 6.45) is -1.15. The van der Waals surface area contributed by atoms with Crippen LogP contribution in [-0.4, -0.2) is 39.0 Å². The van der Waals surface area contributed by atoms with E-state index >= 15 is 0 Å². The van der Waals surface area contributed by atoms with Gasteiger partial charge in [0.05, 0.1) is 26.6 Å². The molecule has 151 valence electrons. The number of nitrogens with zero attached hydrogens (tertiary/aromatic N) is 1. The summed E-state index contributed by atoms with van der Waals surface area (Å²) < 4.78 is 45.4. The second-order valence-corrected chi connectivity index (χ2v) is 10.2. The lowest BCUT2D eigenvalue weighted by atomic mass is 9.96. The quantitative estimate of drug-likeness (QED) is 0.401. The van der Waals surface area contributed by atoms with Crippen LogP contribution in [0.25, 0.3) is 0 Å². The van der Waals surface area contributed by atoms with Crippen LogP contribution in [0.5, 0.6) is 0 Å². The van der Waals surface area contributed by atoms with Crippen LogP contribution in [0.3, 0.4) is 0 Å². The Bertz CT molecular complexity index is 597. The molecule has 2 rings (SSSR count). The Morgan fingerprint density at radius 3 is 2.52 bits per heavy atom. The van der Waals surface area contributed by atoms with E-state index in [-0.39, 0.29) is 18.2 Å². The van der Waals surface area contributed by atoms with Gasteiger partial charge in [-0.15, -0.1) is 12.3 Å². The SMILES string of the molecule is C=C[Si](C)CCCCC(c1cccc(C(F)(F)F)c1)N1CC(C)OC(C)C1. The number of unbranched alkanes of at least 4 members (excludes halogenated alkanes) is 1. The van der Waals surface area contributed by atoms with Gasteiger partial charge in [0.2, 0.25) is 0 Å². The molecule has 1 saturated heterocycles. The number of alkyl halides is 3. The van der Waals surface area contributed by atoms with E-state index in [0.29, 0.717) is 0 Å². The Morgan fingerprint density at radius 2 is 1.93 bits per heavy atom. The van der Waals surface area contributed by atoms with Gasteiger partial charge in [-0.05, 0) is 38.0 Å². The smallest absolute Gasteiger partial charge is 0.373 e. The number of rotatable bonds is 8. The lowest BCUT2D eigenvalue weighted by Gasteiger charge is -2.40. The molecule has 1 heterocycles. The van der Waals surface area contributed by atoms with E-state index in [1.807, 2.05) is 19.9 Å². The fraction of sp³-hybridized carbons (Fsp3) is 0.619. The zero-order valence-electron chi connectivity index (χ0n) is 16.6. The summed E-state index contributed by atoms with van der Waals surface area (Å²) in [5, 5.41) is 0. The highest BCUT2D eigenvalue weighted by atomic mass is 28.3. The Hall–Kier alpha value is -1.11. The van der Waals surface area contributed by atoms with E-state index in [1.165, 1.54) is 18.2 Å². The average Bonchev–Trinajstić information content (AvgIpc) is 2.60. The first-order chi connectivity index (χ1) is 12.7. The van der Waals surface area contributed by atoms with Crippen LogP contribution in [0, 0.1) is 0 Å². The maximum Gasteiger partial charge on any atom is 0.416 e. The van der Waals surface area contributed by atoms with Crippen molar-refractivity contribution in [1.29, 1.82) is 0 Å². The van der Waals surface area contributed by atoms with Crippen molar-refractivity contribution in [3.05, 3.63) is 47.7 Å². The molecule has 1 radical (unpaired) electrons. The van der Waals surface area contributed by atoms with Gasteiger partial charge in [-0.3, -0.25) is 4.90 Å². The molecule has 3 atom stereocenters. The number of benzene rings is 1. The minimum Gasteiger partial charge on any atom is -0.373 e. The molecule has 0 spiro atoms. The average molecular weight is 399 g/mol. The number of hydrogen-bond donors (Lipinski definition) is 0. The molecule has 1 fully saturated rings. The molecule has 0 bridgehead atoms. The second-order valence-electron chi connectivity index (χ2n) is 7.65. The fourth-order valence-electron chi connectivity index (χ4n) is 3.80. The van der Waals surface area contributed by atoms with Gasteiger partial charge in [0.25, 0.3) is 0 Å². The van der Waals surface area contributed by atoms with Gasteiger partial charge in [0.1, 0.15) is 0 Å². The molecule has 27 heavy (non-hydrogen) atoms. The molecule has 2 nitrogen and oxygen atoms in total. The molecular weight excluding hydrogens is 367 g/mol. The van der Waals surface area contributed by atoms with Crippen molar-refractivity contribution in [2.45, 2.75) is 70.1 Å². The van der Waals surface area contributed by atoms with Gasteiger partial charge in [0, 0.05) is 19.1 Å². The molecule has 6 heteroatoms. The van der Waals surface area contributed by atoms with Crippen LogP contribution in [0.4, 0.5) is 13.2 Å². The predicted molar refractivity (Wildman–Crippen MR) is 106 cm³/mol. The van der Waals surface area contributed by atoms with E-state index < -0.39 is 20.5 Å². The van der Waals surface area contributed by atoms with Crippen LogP contribution in [0.2, 0.25) is 12.6 Å². The van der Waals surface area contributed by atoms with Gasteiger partial charge in [-0.1, -0.05) is 37.6 Å². The highest BCUT2D eigenvalue weighted by molar-refractivity contribution is 6.62. The van der Waals surface area contributed by atoms with Crippen molar-refractivity contribution in [2.75, 3.05) is 13.1 Å². The standard InChI is InChI=1S/C21H31F3NOSi/c1-5-27(4)12-7-6-11-20(25-14-16(2)26-17(3)15-25)18-9-8-10-19(13-18)21(22,23)24/h5,8-10,13,16-17,20H,1,6-7,11-12,14-15H2,2-4H3. The van der Waals surface area contributed by atoms with E-state index in [1.54, 1.807) is 0 Å². The first-order valence-corrected chi connectivity index (χ1v) is 12.0. The lowest BCUT2D eigenvalue weighted by molar-refractivity contribution is -0.137. The Morgan fingerprint density at radius 1 is 1.26 bits per heavy atom. The highest BCUT2D eigenvalue weighted by Crippen LogP contribution is 2.34. The highest BCUT2D eigenvalue weighted by Gasteiger charge is 2.33. The number of morpholine rings is 1. The third-order valence-corrected chi connectivity index (χ3v) is 6.97. The first kappa shape index (κ1) is 22.2. The summed E-state index contributed by atoms with van der Waals surface area (Å²) in [6, 6.07) is 7.01. The molecule has 1 aromatic rings. The van der Waals surface area contributed by atoms with Crippen molar-refractivity contribution in [3.8, 4) is 0 Å². The molecule has 1 aliphatic rings. The van der Waals surface area contributed by atoms with Crippen LogP contribution in [0.15, 0.2) is 36.5 Å². The van der Waals surface area contributed by atoms with Crippen LogP contribution in [0.1, 0.15) is 50.3 Å². The van der Waals surface area contributed by atoms with Crippen LogP contribution < -0.4 is 0 Å². The van der Waals surface area contributed by atoms with Gasteiger partial charge in [-0.25, -0.2) is 0 Å². The molecule has 0 amide bonds. The zero-order valence-corrected chi connectivity index (χ0v) is 17.6. The largest absolute Gasteiger partial charge is 0.416 e. The molecular formula is C21H31F3NOSi. The summed E-state index contributed by atoms with van der Waals surface area (Å²) in [5.74, 6) is 0. The fourth-order valence-corrected chi connectivity index (χ4v) is 4.81. The second kappa shape index (κ2) is 9.89. The summed E-state index contributed by atoms with van der Waals surface area (Å²) in [6.45, 7) is 11.7. The number of halogens is 3. The van der Waals surface area contributed by atoms with Gasteiger partial charge >= 0.3 is 6.18 Å². The minimum absolute atomic E-state index is 0.00244. The minimum atomic E-state index is -4.31. The monoisotopic (exact) mass is 398 g/mol. The number of ether oxygens (including phenoxy) is 1. The topological polar surface area (TPSA) is 12.5 Å². The molecule has 0 saturated carbocycles. The van der Waals surface area contributed by atoms with E-state index in [9.17, 15) is 13.2 Å². The van der Waals surface area contributed by atoms with Crippen molar-refractivity contribution >= 4 is 8.80 Å². The van der Waals surface area contributed by atoms with Crippen molar-refractivity contribution in [3.63, 3.8) is 0 Å². The summed E-state index contributed by atoms with van der Waals surface area (Å²) in [7, 11) is -0.477. The molecule has 1 aromatic carbocycles. The lowest BCUT2D eigenvalue weighted by Crippen LogP contribution is -2.47. The Balaban J connectivity index is 2.17. The Labute approximate surface area is 163 Å². The molecule has 0 aromatic heterocycles. The van der Waals surface area contributed by atoms with E-state index in [0.717, 1.165) is 44.0 Å². The third kappa shape index (κ3) is 6.77. The first-order valence-electron chi connectivity index (χ1n) is 9.72. The van der Waals surface area contributed by atoms with Crippen molar-refractivity contribution < 1.29 is 17.9 Å². The summed E-state index contributed by atoms with van der Waals surface area (Å²) in [5.41, 5.74) is 2.25. The zero-order chi connectivity index (χ0) is 20.0. The van der Waals surface area contributed by atoms with E-state index in [2.05, 4.69) is 23.7 Å². The molecule has 0 N–H and O–H groups in total. The van der Waals surface area contributed by atoms with Crippen LogP contribution >= 0.6 is 0 Å². The number of hydrogen-bond acceptors (Lipinski definition) is 2. The van der Waals surface area contributed by atoms with Gasteiger partial charge < -0.3 is 4.74 Å². The third-order valence-electron chi connectivity index (χ3n) is 5.13. The molecule has 1 aliphatic heterocycles. The van der Waals surface area contributed by atoms with E-state index in [4.69, 9.17) is 4.74 Å². The molecule has 0 aliphatic carbocycles. The maximum absolute atomic E-state index is 13.2. The molecule has 3 unspecified atom stereocenters. The summed E-state index contributed by atoms with van der Waals surface area (Å²) >= 11 is 0. The van der Waals surface area contributed by atoms with Crippen molar-refractivity contribution in [1.82, 2.24) is 4.90 Å². The van der Waals surface area contributed by atoms with Crippen molar-refractivity contribution in [2.24, 2.45) is 0 Å². The van der Waals surface area contributed by atoms with Gasteiger partial charge in [0.15, 0.2) is 0 Å². The van der Waals surface area contributed by atoms with Crippen LogP contribution in [-0.2, 0) is 10.9 Å². The predicted octanol–water partition coefficient (Wildman–Crippen LogP) is 5.88. The van der Waals surface area contributed by atoms with Gasteiger partial charge in [-0.2, -0.15) is 13.2 Å².